The Labute approximate surface area is 123 Å². The minimum absolute atomic E-state index is 0.0648. The first kappa shape index (κ1) is 13.4. The molecule has 0 atom stereocenters. The van der Waals surface area contributed by atoms with Gasteiger partial charge >= 0.3 is 0 Å². The summed E-state index contributed by atoms with van der Waals surface area (Å²) in [7, 11) is 1.89. The van der Waals surface area contributed by atoms with Crippen molar-refractivity contribution >= 4 is 33.0 Å². The van der Waals surface area contributed by atoms with E-state index in [0.717, 1.165) is 16.6 Å². The first-order valence-electron chi connectivity index (χ1n) is 7.11. The predicted molar refractivity (Wildman–Crippen MR) is 85.3 cm³/mol. The zero-order valence-electron chi connectivity index (χ0n) is 12.0. The molecule has 1 aromatic carbocycles. The molecule has 1 aliphatic rings. The van der Waals surface area contributed by atoms with Crippen LogP contribution in [0.1, 0.15) is 34.5 Å². The summed E-state index contributed by atoms with van der Waals surface area (Å²) < 4.78 is 1.13. The predicted octanol–water partition coefficient (Wildman–Crippen LogP) is 3.66. The third kappa shape index (κ3) is 2.18. The van der Waals surface area contributed by atoms with E-state index in [0.29, 0.717) is 16.5 Å². The summed E-state index contributed by atoms with van der Waals surface area (Å²) in [4.78, 5) is 15.1. The third-order valence-corrected chi connectivity index (χ3v) is 5.59. The number of carbonyl (C=O) groups excluding carboxylic acids is 1. The van der Waals surface area contributed by atoms with Gasteiger partial charge in [-0.1, -0.05) is 24.6 Å². The van der Waals surface area contributed by atoms with Crippen LogP contribution in [0.25, 0.3) is 10.1 Å². The number of nitrogens with two attached hydrogens (primary N) is 1. The van der Waals surface area contributed by atoms with Crippen molar-refractivity contribution in [2.75, 3.05) is 19.3 Å². The zero-order chi connectivity index (χ0) is 14.3. The van der Waals surface area contributed by atoms with Gasteiger partial charge in [-0.3, -0.25) is 4.79 Å². The van der Waals surface area contributed by atoms with Crippen LogP contribution in [0, 0.1) is 12.8 Å². The summed E-state index contributed by atoms with van der Waals surface area (Å²) in [6.07, 6.45) is 3.80. The topological polar surface area (TPSA) is 46.3 Å². The second-order valence-electron chi connectivity index (χ2n) is 5.78. The van der Waals surface area contributed by atoms with Crippen molar-refractivity contribution in [3.63, 3.8) is 0 Å². The van der Waals surface area contributed by atoms with Crippen LogP contribution >= 0.6 is 11.3 Å². The molecular formula is C16H20N2OS. The highest BCUT2D eigenvalue weighted by Crippen LogP contribution is 2.36. The quantitative estimate of drug-likeness (QED) is 0.936. The number of carbonyl (C=O) groups is 1. The standard InChI is InChI=1S/C16H20N2OS/c1-10-5-3-8-12-13(17)15(20-14(10)12)16(19)18(2)9-11-6-4-7-11/h3,5,8,11H,4,6-7,9,17H2,1-2H3. The fraction of sp³-hybridized carbons (Fsp3) is 0.438. The van der Waals surface area contributed by atoms with Crippen LogP contribution in [0.4, 0.5) is 5.69 Å². The van der Waals surface area contributed by atoms with Gasteiger partial charge in [-0.05, 0) is 31.2 Å². The molecule has 1 aliphatic carbocycles. The lowest BCUT2D eigenvalue weighted by Gasteiger charge is -2.30. The van der Waals surface area contributed by atoms with Gasteiger partial charge in [0.1, 0.15) is 4.88 Å². The maximum atomic E-state index is 12.6. The molecule has 4 heteroatoms. The molecule has 0 spiro atoms. The van der Waals surface area contributed by atoms with E-state index in [-0.39, 0.29) is 5.91 Å². The first-order valence-corrected chi connectivity index (χ1v) is 7.92. The van der Waals surface area contributed by atoms with Crippen molar-refractivity contribution in [3.8, 4) is 0 Å². The Morgan fingerprint density at radius 2 is 2.20 bits per heavy atom. The van der Waals surface area contributed by atoms with Crippen LogP contribution < -0.4 is 5.73 Å². The van der Waals surface area contributed by atoms with Crippen LogP contribution in [0.5, 0.6) is 0 Å². The Balaban J connectivity index is 1.90. The van der Waals surface area contributed by atoms with Gasteiger partial charge in [0.15, 0.2) is 0 Å². The molecular weight excluding hydrogens is 268 g/mol. The van der Waals surface area contributed by atoms with E-state index in [1.165, 1.54) is 36.2 Å². The van der Waals surface area contributed by atoms with Gasteiger partial charge in [0.2, 0.25) is 0 Å². The summed E-state index contributed by atoms with van der Waals surface area (Å²) in [5, 5.41) is 1.01. The van der Waals surface area contributed by atoms with E-state index in [2.05, 4.69) is 13.0 Å². The minimum atomic E-state index is 0.0648. The number of anilines is 1. The number of amides is 1. The molecule has 0 unspecified atom stereocenters. The molecule has 0 saturated heterocycles. The highest BCUT2D eigenvalue weighted by Gasteiger charge is 2.25. The fourth-order valence-corrected chi connectivity index (χ4v) is 3.94. The fourth-order valence-electron chi connectivity index (χ4n) is 2.76. The van der Waals surface area contributed by atoms with Crippen LogP contribution in [0.15, 0.2) is 18.2 Å². The van der Waals surface area contributed by atoms with Crippen molar-refractivity contribution in [2.24, 2.45) is 5.92 Å². The molecule has 3 nitrogen and oxygen atoms in total. The molecule has 20 heavy (non-hydrogen) atoms. The number of hydrogen-bond donors (Lipinski definition) is 1. The van der Waals surface area contributed by atoms with E-state index in [4.69, 9.17) is 5.73 Å². The monoisotopic (exact) mass is 288 g/mol. The summed E-state index contributed by atoms with van der Waals surface area (Å²) in [6.45, 7) is 2.91. The van der Waals surface area contributed by atoms with Crippen molar-refractivity contribution < 1.29 is 4.79 Å². The second-order valence-corrected chi connectivity index (χ2v) is 6.80. The number of rotatable bonds is 3. The molecule has 2 aromatic rings. The first-order chi connectivity index (χ1) is 9.58. The van der Waals surface area contributed by atoms with Crippen LogP contribution in [0.3, 0.4) is 0 Å². The molecule has 0 radical (unpaired) electrons. The zero-order valence-corrected chi connectivity index (χ0v) is 12.8. The summed E-state index contributed by atoms with van der Waals surface area (Å²) in [6, 6.07) is 6.05. The summed E-state index contributed by atoms with van der Waals surface area (Å²) >= 11 is 1.52. The number of thiophene rings is 1. The van der Waals surface area contributed by atoms with Gasteiger partial charge in [0.05, 0.1) is 5.69 Å². The van der Waals surface area contributed by atoms with Crippen LogP contribution in [-0.4, -0.2) is 24.4 Å². The number of hydrogen-bond acceptors (Lipinski definition) is 3. The number of nitrogens with zero attached hydrogens (tertiary/aromatic N) is 1. The molecule has 1 saturated carbocycles. The van der Waals surface area contributed by atoms with Crippen LogP contribution in [0.2, 0.25) is 0 Å². The normalized spacial score (nSPS) is 15.3. The maximum Gasteiger partial charge on any atom is 0.265 e. The smallest absolute Gasteiger partial charge is 0.265 e. The van der Waals surface area contributed by atoms with Crippen LogP contribution in [-0.2, 0) is 0 Å². The van der Waals surface area contributed by atoms with E-state index in [1.54, 1.807) is 0 Å². The average Bonchev–Trinajstić information content (AvgIpc) is 2.72. The SMILES string of the molecule is Cc1cccc2c(N)c(C(=O)N(C)CC3CCC3)sc12. The molecule has 1 fully saturated rings. The van der Waals surface area contributed by atoms with E-state index in [1.807, 2.05) is 24.1 Å². The Bertz CT molecular complexity index is 658. The molecule has 2 N–H and O–H groups in total. The average molecular weight is 288 g/mol. The van der Waals surface area contributed by atoms with Gasteiger partial charge in [0.25, 0.3) is 5.91 Å². The summed E-state index contributed by atoms with van der Waals surface area (Å²) in [5.41, 5.74) is 8.01. The van der Waals surface area contributed by atoms with Gasteiger partial charge < -0.3 is 10.6 Å². The Hall–Kier alpha value is -1.55. The van der Waals surface area contributed by atoms with Gasteiger partial charge in [0, 0.05) is 23.7 Å². The largest absolute Gasteiger partial charge is 0.397 e. The third-order valence-electron chi connectivity index (χ3n) is 4.25. The molecule has 106 valence electrons. The molecule has 1 heterocycles. The molecule has 3 rings (SSSR count). The molecule has 1 amide bonds. The number of fused-ring (bicyclic) bond motifs is 1. The lowest BCUT2D eigenvalue weighted by molar-refractivity contribution is 0.0751. The van der Waals surface area contributed by atoms with Crippen molar-refractivity contribution in [2.45, 2.75) is 26.2 Å². The van der Waals surface area contributed by atoms with Crippen molar-refractivity contribution in [1.29, 1.82) is 0 Å². The Morgan fingerprint density at radius 1 is 1.45 bits per heavy atom. The Morgan fingerprint density at radius 3 is 2.80 bits per heavy atom. The van der Waals surface area contributed by atoms with Gasteiger partial charge in [-0.2, -0.15) is 0 Å². The Kier molecular flexibility index (Phi) is 3.42. The highest BCUT2D eigenvalue weighted by molar-refractivity contribution is 7.21. The van der Waals surface area contributed by atoms with E-state index in [9.17, 15) is 4.79 Å². The van der Waals surface area contributed by atoms with Crippen molar-refractivity contribution in [3.05, 3.63) is 28.6 Å². The number of nitrogen functional groups attached to an aromatic ring is 1. The molecule has 1 aromatic heterocycles. The van der Waals surface area contributed by atoms with Gasteiger partial charge in [-0.25, -0.2) is 0 Å². The molecule has 0 bridgehead atoms. The number of benzene rings is 1. The number of aryl methyl sites for hydroxylation is 1. The highest BCUT2D eigenvalue weighted by atomic mass is 32.1. The lowest BCUT2D eigenvalue weighted by Crippen LogP contribution is -2.34. The minimum Gasteiger partial charge on any atom is -0.397 e. The van der Waals surface area contributed by atoms with E-state index >= 15 is 0 Å². The van der Waals surface area contributed by atoms with E-state index < -0.39 is 0 Å². The summed E-state index contributed by atoms with van der Waals surface area (Å²) in [5.74, 6) is 0.747. The molecule has 0 aliphatic heterocycles. The maximum absolute atomic E-state index is 12.6. The lowest BCUT2D eigenvalue weighted by atomic mass is 9.85. The second kappa shape index (κ2) is 5.09. The van der Waals surface area contributed by atoms with Crippen molar-refractivity contribution in [1.82, 2.24) is 4.90 Å². The van der Waals surface area contributed by atoms with Gasteiger partial charge in [-0.15, -0.1) is 11.3 Å².